The average molecular weight is 246 g/mol. The zero-order chi connectivity index (χ0) is 12.8. The molecule has 0 aromatic heterocycles. The largest absolute Gasteiger partial charge is 0.342 e. The van der Waals surface area contributed by atoms with Gasteiger partial charge >= 0.3 is 0 Å². The number of hydrogen-bond donors (Lipinski definition) is 1. The van der Waals surface area contributed by atoms with Gasteiger partial charge in [0.25, 0.3) is 0 Å². The Morgan fingerprint density at radius 3 is 2.56 bits per heavy atom. The van der Waals surface area contributed by atoms with Crippen molar-refractivity contribution in [2.75, 3.05) is 19.6 Å². The van der Waals surface area contributed by atoms with E-state index in [1.165, 1.54) is 12.0 Å². The van der Waals surface area contributed by atoms with Crippen LogP contribution in [0.15, 0.2) is 30.3 Å². The van der Waals surface area contributed by atoms with E-state index >= 15 is 0 Å². The lowest BCUT2D eigenvalue weighted by atomic mass is 10.1. The van der Waals surface area contributed by atoms with E-state index in [0.717, 1.165) is 25.9 Å². The van der Waals surface area contributed by atoms with Crippen LogP contribution >= 0.6 is 0 Å². The fourth-order valence-corrected chi connectivity index (χ4v) is 2.36. The number of benzene rings is 1. The minimum atomic E-state index is 0.222. The van der Waals surface area contributed by atoms with Crippen LogP contribution in [0, 0.1) is 0 Å². The Morgan fingerprint density at radius 2 is 1.89 bits per heavy atom. The van der Waals surface area contributed by atoms with Gasteiger partial charge in [0.15, 0.2) is 0 Å². The average Bonchev–Trinajstić information content (AvgIpc) is 2.46. The third-order valence-electron chi connectivity index (χ3n) is 3.57. The van der Waals surface area contributed by atoms with Gasteiger partial charge in [0.2, 0.25) is 5.91 Å². The van der Waals surface area contributed by atoms with Crippen LogP contribution in [0.3, 0.4) is 0 Å². The second kappa shape index (κ2) is 6.55. The first-order chi connectivity index (χ1) is 8.77. The first-order valence-corrected chi connectivity index (χ1v) is 6.83. The smallest absolute Gasteiger partial charge is 0.236 e. The number of rotatable bonds is 4. The molecule has 1 heterocycles. The molecule has 1 aliphatic heterocycles. The van der Waals surface area contributed by atoms with E-state index in [-0.39, 0.29) is 11.9 Å². The number of nitrogens with zero attached hydrogens (tertiary/aromatic N) is 1. The van der Waals surface area contributed by atoms with Crippen molar-refractivity contribution in [2.24, 2.45) is 0 Å². The summed E-state index contributed by atoms with van der Waals surface area (Å²) < 4.78 is 0. The highest BCUT2D eigenvalue weighted by molar-refractivity contribution is 5.78. The topological polar surface area (TPSA) is 32.3 Å². The zero-order valence-corrected chi connectivity index (χ0v) is 11.1. The summed E-state index contributed by atoms with van der Waals surface area (Å²) in [6.07, 6.45) is 3.57. The van der Waals surface area contributed by atoms with E-state index in [2.05, 4.69) is 24.4 Å². The van der Waals surface area contributed by atoms with Crippen molar-refractivity contribution in [2.45, 2.75) is 32.2 Å². The van der Waals surface area contributed by atoms with Crippen molar-refractivity contribution >= 4 is 5.91 Å². The number of amides is 1. The Bertz CT molecular complexity index is 371. The molecular formula is C15H22N2O. The summed E-state index contributed by atoms with van der Waals surface area (Å²) in [5, 5.41) is 3.30. The fourth-order valence-electron chi connectivity index (χ4n) is 2.36. The van der Waals surface area contributed by atoms with Crippen molar-refractivity contribution < 1.29 is 4.79 Å². The lowest BCUT2D eigenvalue weighted by Gasteiger charge is -2.27. The Kier molecular flexibility index (Phi) is 4.76. The molecule has 98 valence electrons. The van der Waals surface area contributed by atoms with E-state index in [1.807, 2.05) is 23.1 Å². The third-order valence-corrected chi connectivity index (χ3v) is 3.57. The van der Waals surface area contributed by atoms with Crippen LogP contribution < -0.4 is 5.32 Å². The van der Waals surface area contributed by atoms with E-state index in [0.29, 0.717) is 6.54 Å². The van der Waals surface area contributed by atoms with Crippen LogP contribution in [0.5, 0.6) is 0 Å². The summed E-state index contributed by atoms with van der Waals surface area (Å²) in [6.45, 7) is 4.40. The van der Waals surface area contributed by atoms with Gasteiger partial charge in [-0.05, 0) is 31.7 Å². The summed E-state index contributed by atoms with van der Waals surface area (Å²) >= 11 is 0. The number of likely N-dealkylation sites (tertiary alicyclic amines) is 1. The maximum absolute atomic E-state index is 12.0. The molecule has 0 radical (unpaired) electrons. The van der Waals surface area contributed by atoms with Crippen LogP contribution in [0.2, 0.25) is 0 Å². The van der Waals surface area contributed by atoms with Crippen LogP contribution in [-0.4, -0.2) is 30.4 Å². The van der Waals surface area contributed by atoms with Gasteiger partial charge in [-0.3, -0.25) is 4.79 Å². The van der Waals surface area contributed by atoms with Gasteiger partial charge in [-0.25, -0.2) is 0 Å². The minimum absolute atomic E-state index is 0.222. The molecule has 0 bridgehead atoms. The predicted molar refractivity (Wildman–Crippen MR) is 73.3 cm³/mol. The second-order valence-corrected chi connectivity index (χ2v) is 4.95. The van der Waals surface area contributed by atoms with Gasteiger partial charge in [-0.15, -0.1) is 0 Å². The van der Waals surface area contributed by atoms with Gasteiger partial charge in [0.1, 0.15) is 0 Å². The number of carbonyl (C=O) groups excluding carboxylic acids is 1. The van der Waals surface area contributed by atoms with Crippen molar-refractivity contribution in [3.05, 3.63) is 35.9 Å². The predicted octanol–water partition coefficient (Wildman–Crippen LogP) is 2.35. The molecule has 1 atom stereocenters. The molecule has 1 fully saturated rings. The molecule has 0 aliphatic carbocycles. The monoisotopic (exact) mass is 246 g/mol. The Hall–Kier alpha value is -1.35. The lowest BCUT2D eigenvalue weighted by molar-refractivity contribution is -0.131. The number of nitrogens with one attached hydrogen (secondary N) is 1. The molecule has 1 aromatic rings. The molecule has 3 nitrogen and oxygen atoms in total. The minimum Gasteiger partial charge on any atom is -0.342 e. The molecular weight excluding hydrogens is 224 g/mol. The van der Waals surface area contributed by atoms with Crippen molar-refractivity contribution in [3.8, 4) is 0 Å². The van der Waals surface area contributed by atoms with Crippen LogP contribution in [0.4, 0.5) is 0 Å². The van der Waals surface area contributed by atoms with Crippen molar-refractivity contribution in [3.63, 3.8) is 0 Å². The number of carbonyl (C=O) groups is 1. The number of piperidine rings is 1. The summed E-state index contributed by atoms with van der Waals surface area (Å²) in [6, 6.07) is 10.5. The molecule has 0 saturated carbocycles. The van der Waals surface area contributed by atoms with Gasteiger partial charge in [0.05, 0.1) is 6.54 Å². The van der Waals surface area contributed by atoms with Crippen LogP contribution in [0.25, 0.3) is 0 Å². The normalized spacial score (nSPS) is 17.5. The van der Waals surface area contributed by atoms with Gasteiger partial charge in [0, 0.05) is 19.1 Å². The highest BCUT2D eigenvalue weighted by Gasteiger charge is 2.16. The molecule has 0 spiro atoms. The maximum atomic E-state index is 12.0. The van der Waals surface area contributed by atoms with E-state index in [1.54, 1.807) is 0 Å². The molecule has 1 amide bonds. The van der Waals surface area contributed by atoms with Gasteiger partial charge in [-0.2, -0.15) is 0 Å². The second-order valence-electron chi connectivity index (χ2n) is 4.95. The highest BCUT2D eigenvalue weighted by atomic mass is 16.2. The molecule has 18 heavy (non-hydrogen) atoms. The van der Waals surface area contributed by atoms with Crippen LogP contribution in [0.1, 0.15) is 37.8 Å². The lowest BCUT2D eigenvalue weighted by Crippen LogP contribution is -2.41. The Balaban J connectivity index is 1.78. The standard InChI is InChI=1S/C15H22N2O/c1-13(14-8-4-2-5-9-14)16-12-15(18)17-10-6-3-7-11-17/h2,4-5,8-9,13,16H,3,6-7,10-12H2,1H3/t13-/m0/s1. The Morgan fingerprint density at radius 1 is 1.22 bits per heavy atom. The summed E-state index contributed by atoms with van der Waals surface area (Å²) in [5.41, 5.74) is 1.23. The Labute approximate surface area is 109 Å². The fraction of sp³-hybridized carbons (Fsp3) is 0.533. The van der Waals surface area contributed by atoms with Gasteiger partial charge in [-0.1, -0.05) is 30.3 Å². The molecule has 3 heteroatoms. The maximum Gasteiger partial charge on any atom is 0.236 e. The number of hydrogen-bond acceptors (Lipinski definition) is 2. The summed E-state index contributed by atoms with van der Waals surface area (Å²) in [5.74, 6) is 0.234. The summed E-state index contributed by atoms with van der Waals surface area (Å²) in [4.78, 5) is 14.0. The van der Waals surface area contributed by atoms with Crippen molar-refractivity contribution in [1.29, 1.82) is 0 Å². The van der Waals surface area contributed by atoms with Gasteiger partial charge < -0.3 is 10.2 Å². The molecule has 1 aliphatic rings. The third kappa shape index (κ3) is 3.57. The van der Waals surface area contributed by atoms with Crippen molar-refractivity contribution in [1.82, 2.24) is 10.2 Å². The molecule has 1 aromatic carbocycles. The quantitative estimate of drug-likeness (QED) is 0.884. The van der Waals surface area contributed by atoms with E-state index in [9.17, 15) is 4.79 Å². The van der Waals surface area contributed by atoms with Crippen LogP contribution in [-0.2, 0) is 4.79 Å². The zero-order valence-electron chi connectivity index (χ0n) is 11.1. The highest BCUT2D eigenvalue weighted by Crippen LogP contribution is 2.12. The molecule has 0 unspecified atom stereocenters. The first kappa shape index (κ1) is 13.1. The molecule has 1 N–H and O–H groups in total. The SMILES string of the molecule is C[C@H](NCC(=O)N1CCCCC1)c1ccccc1. The van der Waals surface area contributed by atoms with E-state index < -0.39 is 0 Å². The van der Waals surface area contributed by atoms with E-state index in [4.69, 9.17) is 0 Å². The molecule has 1 saturated heterocycles. The summed E-state index contributed by atoms with van der Waals surface area (Å²) in [7, 11) is 0. The first-order valence-electron chi connectivity index (χ1n) is 6.83. The molecule has 2 rings (SSSR count).